The van der Waals surface area contributed by atoms with Crippen LogP contribution in [0.5, 0.6) is 23.0 Å². The van der Waals surface area contributed by atoms with Gasteiger partial charge in [0.05, 0.1) is 20.8 Å². The minimum absolute atomic E-state index is 0. The van der Waals surface area contributed by atoms with Crippen molar-refractivity contribution < 1.29 is 111 Å². The molecule has 20 heteroatoms. The summed E-state index contributed by atoms with van der Waals surface area (Å²) >= 11 is 0. The van der Waals surface area contributed by atoms with Crippen molar-refractivity contribution in [3.8, 4) is 23.0 Å². The molecule has 2 unspecified atom stereocenters. The first-order valence-electron chi connectivity index (χ1n) is 18.4. The number of carboxylic acids is 1. The maximum atomic E-state index is 12.8. The number of aromatic hydroxyl groups is 2. The average Bonchev–Trinajstić information content (AvgIpc) is 3.72. The number of phenolic OH excluding ortho intramolecular Hbond substituents is 2. The Bertz CT molecular complexity index is 2110. The number of hydrogen-bond donors (Lipinski definition) is 3. The van der Waals surface area contributed by atoms with E-state index in [0.717, 1.165) is 16.7 Å². The Morgan fingerprint density at radius 3 is 1.47 bits per heavy atom. The van der Waals surface area contributed by atoms with E-state index < -0.39 is 50.8 Å². The molecule has 2 aromatic rings. The second-order valence-corrected chi connectivity index (χ2v) is 19.4. The smallest absolute Gasteiger partial charge is 0.870 e. The molecule has 0 radical (unpaired) electrons. The van der Waals surface area contributed by atoms with Crippen LogP contribution in [0.15, 0.2) is 23.3 Å². The van der Waals surface area contributed by atoms with Crippen molar-refractivity contribution in [1.82, 2.24) is 0 Å². The van der Waals surface area contributed by atoms with Crippen LogP contribution in [0.3, 0.4) is 0 Å². The van der Waals surface area contributed by atoms with Gasteiger partial charge in [0.15, 0.2) is 12.2 Å². The van der Waals surface area contributed by atoms with Crippen LogP contribution in [-0.2, 0) is 68.0 Å². The zero-order valence-electron chi connectivity index (χ0n) is 36.2. The Morgan fingerprint density at radius 1 is 0.767 bits per heavy atom. The van der Waals surface area contributed by atoms with Crippen molar-refractivity contribution in [2.45, 2.75) is 86.7 Å². The van der Waals surface area contributed by atoms with Crippen LogP contribution in [0.1, 0.15) is 88.7 Å². The molecule has 17 nitrogen and oxygen atoms in total. The van der Waals surface area contributed by atoms with Crippen LogP contribution < -0.4 is 39.0 Å². The van der Waals surface area contributed by atoms with Crippen LogP contribution in [0.2, 0.25) is 0 Å². The van der Waals surface area contributed by atoms with Crippen LogP contribution >= 0.6 is 14.7 Å². The zero-order valence-corrected chi connectivity index (χ0v) is 40.0. The van der Waals surface area contributed by atoms with E-state index in [0.29, 0.717) is 39.3 Å². The molecule has 0 saturated heterocycles. The standard InChI is InChI=1S/C21H29O8P.C19H25O8P.Na.H2O/c1-7-27-20(23)14(4)29-30(6,25)11-12(2)8-9-15-18(22)17-16(10-28-21(17)24)13(3)19(15)26-5;1-10(9-28(5,24)27-12(3)18(21)22)6-7-13-16(20)15-14(8-26-19(15)23)11(2)17(13)25-4;;/h8,14,22H,7,9-11H2,1-6H3;6,12,20H,7-9H2,1-5H3,(H,21,22);;1H2/q;;+1;/p-1/b12-8+;10-6+;;/t14-,30?;12-,28?;;/m00../s1. The predicted octanol–water partition coefficient (Wildman–Crippen LogP) is 3.84. The second-order valence-electron chi connectivity index (χ2n) is 14.3. The van der Waals surface area contributed by atoms with Crippen molar-refractivity contribution in [3.63, 3.8) is 0 Å². The number of esters is 3. The molecule has 0 fully saturated rings. The topological polar surface area (TPSA) is 258 Å². The molecule has 60 heavy (non-hydrogen) atoms. The molecule has 4 rings (SSSR count). The largest absolute Gasteiger partial charge is 1.00 e. The summed E-state index contributed by atoms with van der Waals surface area (Å²) in [5.41, 5.74) is 5.36. The molecule has 0 spiro atoms. The first kappa shape index (κ1) is 54.4. The van der Waals surface area contributed by atoms with Crippen LogP contribution in [0.25, 0.3) is 0 Å². The maximum absolute atomic E-state index is 12.8. The summed E-state index contributed by atoms with van der Waals surface area (Å²) in [4.78, 5) is 46.5. The third kappa shape index (κ3) is 13.4. The fraction of sp³-hybridized carbons (Fsp3) is 0.500. The molecule has 4 N–H and O–H groups in total. The summed E-state index contributed by atoms with van der Waals surface area (Å²) in [6, 6.07) is 0. The van der Waals surface area contributed by atoms with Crippen molar-refractivity contribution in [3.05, 3.63) is 67.8 Å². The monoisotopic (exact) mass is 892 g/mol. The number of carbonyl (C=O) groups is 4. The van der Waals surface area contributed by atoms with Gasteiger partial charge in [-0.1, -0.05) is 23.3 Å². The molecule has 328 valence electrons. The number of phenols is 2. The summed E-state index contributed by atoms with van der Waals surface area (Å²) in [6.45, 7) is 14.9. The number of cyclic esters (lactones) is 2. The first-order valence-corrected chi connectivity index (χ1v) is 22.9. The van der Waals surface area contributed by atoms with Crippen LogP contribution in [0, 0.1) is 13.8 Å². The van der Waals surface area contributed by atoms with E-state index in [-0.39, 0.29) is 103 Å². The van der Waals surface area contributed by atoms with E-state index in [1.807, 2.05) is 6.92 Å². The summed E-state index contributed by atoms with van der Waals surface area (Å²) in [5.74, 6) is -2.26. The number of carbonyl (C=O) groups excluding carboxylic acids is 3. The van der Waals surface area contributed by atoms with Crippen molar-refractivity contribution >= 4 is 38.6 Å². The quantitative estimate of drug-likeness (QED) is 0.0670. The molecular weight excluding hydrogens is 837 g/mol. The number of ether oxygens (including phenoxy) is 5. The van der Waals surface area contributed by atoms with Gasteiger partial charge in [0.1, 0.15) is 47.3 Å². The van der Waals surface area contributed by atoms with Gasteiger partial charge in [-0.15, -0.1) is 0 Å². The Kier molecular flexibility index (Phi) is 20.8. The van der Waals surface area contributed by atoms with Crippen LogP contribution in [-0.4, -0.2) is 103 Å². The Labute approximate surface area is 372 Å². The van der Waals surface area contributed by atoms with Crippen molar-refractivity contribution in [2.24, 2.45) is 0 Å². The number of hydrogen-bond acceptors (Lipinski definition) is 16. The Morgan fingerprint density at radius 2 is 1.13 bits per heavy atom. The first-order chi connectivity index (χ1) is 27.0. The average molecular weight is 893 g/mol. The summed E-state index contributed by atoms with van der Waals surface area (Å²) in [5, 5.41) is 30.1. The van der Waals surface area contributed by atoms with Gasteiger partial charge < -0.3 is 53.5 Å². The number of benzene rings is 2. The SMILES string of the molecule is CCOC(=O)[C@H](C)OP(C)(=O)C/C(C)=C/Cc1c(O)c2c(c(C)c1OC)COC2=O.COc1c(C)c2c(c(O)c1C/C=C(\C)CP(C)(=O)O[C@@H](C)C(=O)O)C(=O)OC2.[Na+].[OH-]. The molecule has 2 aromatic carbocycles. The molecule has 2 heterocycles. The van der Waals surface area contributed by atoms with Gasteiger partial charge in [0, 0.05) is 47.9 Å². The molecule has 0 bridgehead atoms. The fourth-order valence-electron chi connectivity index (χ4n) is 6.74. The molecule has 2 aliphatic heterocycles. The summed E-state index contributed by atoms with van der Waals surface area (Å²) in [7, 11) is -3.29. The predicted molar refractivity (Wildman–Crippen MR) is 216 cm³/mol. The third-order valence-corrected chi connectivity index (χ3v) is 13.1. The Balaban J connectivity index is 0.000000582. The van der Waals surface area contributed by atoms with Gasteiger partial charge in [0.2, 0.25) is 14.7 Å². The summed E-state index contributed by atoms with van der Waals surface area (Å²) < 4.78 is 61.8. The van der Waals surface area contributed by atoms with Gasteiger partial charge in [-0.25, -0.2) is 19.2 Å². The van der Waals surface area contributed by atoms with E-state index >= 15 is 0 Å². The van der Waals surface area contributed by atoms with Gasteiger partial charge in [-0.2, -0.15) is 0 Å². The zero-order chi connectivity index (χ0) is 43.9. The van der Waals surface area contributed by atoms with E-state index in [4.69, 9.17) is 37.8 Å². The number of carboxylic acid groups (broad SMARTS) is 1. The van der Waals surface area contributed by atoms with Gasteiger partial charge in [0.25, 0.3) is 0 Å². The number of allylic oxidation sites excluding steroid dienone is 4. The number of aliphatic carboxylic acids is 1. The summed E-state index contributed by atoms with van der Waals surface area (Å²) in [6.07, 6.45) is 2.13. The minimum Gasteiger partial charge on any atom is -0.870 e. The van der Waals surface area contributed by atoms with E-state index in [1.165, 1.54) is 41.4 Å². The molecule has 0 aromatic heterocycles. The molecule has 4 atom stereocenters. The normalized spacial score (nSPS) is 16.1. The molecule has 2 aliphatic rings. The molecular formula is C40H55NaO17P2. The minimum atomic E-state index is -3.16. The molecule has 0 amide bonds. The molecule has 0 saturated carbocycles. The maximum Gasteiger partial charge on any atom is 1.00 e. The number of fused-ring (bicyclic) bond motifs is 2. The number of rotatable bonds is 17. The van der Waals surface area contributed by atoms with E-state index in [9.17, 15) is 38.5 Å². The van der Waals surface area contributed by atoms with E-state index in [2.05, 4.69) is 0 Å². The fourth-order valence-corrected chi connectivity index (χ4v) is 10.5. The van der Waals surface area contributed by atoms with Crippen LogP contribution in [0.4, 0.5) is 0 Å². The van der Waals surface area contributed by atoms with Crippen molar-refractivity contribution in [1.29, 1.82) is 0 Å². The number of methoxy groups -OCH3 is 2. The third-order valence-electron chi connectivity index (χ3n) is 9.41. The van der Waals surface area contributed by atoms with Crippen molar-refractivity contribution in [2.75, 3.05) is 46.5 Å². The second kappa shape index (κ2) is 23.0. The molecule has 0 aliphatic carbocycles. The van der Waals surface area contributed by atoms with E-state index in [1.54, 1.807) is 39.8 Å². The Hall–Kier alpha value is -3.66. The van der Waals surface area contributed by atoms with Gasteiger partial charge >= 0.3 is 53.4 Å². The van der Waals surface area contributed by atoms with Gasteiger partial charge in [-0.3, -0.25) is 9.13 Å². The van der Waals surface area contributed by atoms with Gasteiger partial charge in [-0.05, 0) is 72.4 Å².